The first-order valence-corrected chi connectivity index (χ1v) is 10.9. The maximum atomic E-state index is 13.2. The minimum atomic E-state index is -0.537. The zero-order chi connectivity index (χ0) is 21.2. The Balaban J connectivity index is 1.72. The van der Waals surface area contributed by atoms with Crippen molar-refractivity contribution in [3.63, 3.8) is 0 Å². The molecule has 4 nitrogen and oxygen atoms in total. The molecule has 1 atom stereocenters. The summed E-state index contributed by atoms with van der Waals surface area (Å²) in [6.07, 6.45) is 8.50. The van der Waals surface area contributed by atoms with Gasteiger partial charge in [-0.3, -0.25) is 9.59 Å². The maximum absolute atomic E-state index is 13.2. The summed E-state index contributed by atoms with van der Waals surface area (Å²) in [5.74, 6) is -0.175. The molecule has 158 valence electrons. The molecule has 1 aliphatic rings. The summed E-state index contributed by atoms with van der Waals surface area (Å²) in [7, 11) is 0. The van der Waals surface area contributed by atoms with Crippen LogP contribution in [0.3, 0.4) is 0 Å². The Labute approximate surface area is 180 Å². The molecule has 0 aliphatic heterocycles. The molecule has 1 unspecified atom stereocenters. The minimum Gasteiger partial charge on any atom is -0.354 e. The van der Waals surface area contributed by atoms with Crippen molar-refractivity contribution in [1.29, 1.82) is 0 Å². The third kappa shape index (κ3) is 6.58. The molecular formula is C26H32N2O2. The molecule has 0 bridgehead atoms. The normalized spacial score (nSPS) is 14.5. The first-order valence-electron chi connectivity index (χ1n) is 10.9. The van der Waals surface area contributed by atoms with Crippen LogP contribution < -0.4 is 5.32 Å². The number of rotatable bonds is 9. The molecule has 0 radical (unpaired) electrons. The summed E-state index contributed by atoms with van der Waals surface area (Å²) in [6.45, 7) is 2.58. The fourth-order valence-corrected chi connectivity index (χ4v) is 4.00. The number of carbonyl (C=O) groups excluding carboxylic acids is 2. The SMILES string of the molecule is CC(=O)N(Cc1ccccc1)C(Cc1ccccc1)C(=O)NCCC1=CCCCC1. The van der Waals surface area contributed by atoms with Crippen molar-refractivity contribution in [2.45, 2.75) is 58.0 Å². The number of allylic oxidation sites excluding steroid dienone is 1. The van der Waals surface area contributed by atoms with Crippen LogP contribution in [0.5, 0.6) is 0 Å². The molecule has 0 saturated carbocycles. The van der Waals surface area contributed by atoms with Crippen molar-refractivity contribution < 1.29 is 9.59 Å². The molecule has 0 saturated heterocycles. The lowest BCUT2D eigenvalue weighted by molar-refractivity contribution is -0.139. The topological polar surface area (TPSA) is 49.4 Å². The maximum Gasteiger partial charge on any atom is 0.243 e. The van der Waals surface area contributed by atoms with Crippen molar-refractivity contribution in [3.05, 3.63) is 83.4 Å². The average Bonchev–Trinajstić information content (AvgIpc) is 2.78. The molecule has 1 N–H and O–H groups in total. The van der Waals surface area contributed by atoms with Crippen LogP contribution in [0, 0.1) is 0 Å². The quantitative estimate of drug-likeness (QED) is 0.618. The Morgan fingerprint density at radius 1 is 0.967 bits per heavy atom. The van der Waals surface area contributed by atoms with Gasteiger partial charge in [-0.05, 0) is 43.2 Å². The van der Waals surface area contributed by atoms with Gasteiger partial charge in [-0.2, -0.15) is 0 Å². The zero-order valence-electron chi connectivity index (χ0n) is 17.8. The van der Waals surface area contributed by atoms with Gasteiger partial charge < -0.3 is 10.2 Å². The smallest absolute Gasteiger partial charge is 0.243 e. The zero-order valence-corrected chi connectivity index (χ0v) is 17.8. The highest BCUT2D eigenvalue weighted by molar-refractivity contribution is 5.87. The number of carbonyl (C=O) groups is 2. The van der Waals surface area contributed by atoms with Crippen LogP contribution in [0.2, 0.25) is 0 Å². The van der Waals surface area contributed by atoms with Crippen LogP contribution in [0.4, 0.5) is 0 Å². The van der Waals surface area contributed by atoms with E-state index >= 15 is 0 Å². The predicted octanol–water partition coefficient (Wildman–Crippen LogP) is 4.65. The molecule has 0 fully saturated rings. The van der Waals surface area contributed by atoms with Crippen LogP contribution in [-0.4, -0.2) is 29.3 Å². The van der Waals surface area contributed by atoms with E-state index in [1.165, 1.54) is 18.4 Å². The highest BCUT2D eigenvalue weighted by Gasteiger charge is 2.28. The number of nitrogens with one attached hydrogen (secondary N) is 1. The largest absolute Gasteiger partial charge is 0.354 e. The number of benzene rings is 2. The first kappa shape index (κ1) is 21.8. The number of nitrogens with zero attached hydrogens (tertiary/aromatic N) is 1. The van der Waals surface area contributed by atoms with Crippen LogP contribution in [0.25, 0.3) is 0 Å². The second-order valence-corrected chi connectivity index (χ2v) is 7.99. The fourth-order valence-electron chi connectivity index (χ4n) is 4.00. The summed E-state index contributed by atoms with van der Waals surface area (Å²) in [6, 6.07) is 19.2. The minimum absolute atomic E-state index is 0.0820. The summed E-state index contributed by atoms with van der Waals surface area (Å²) in [5, 5.41) is 3.10. The van der Waals surface area contributed by atoms with Crippen molar-refractivity contribution in [2.75, 3.05) is 6.54 Å². The lowest BCUT2D eigenvalue weighted by atomic mass is 9.97. The van der Waals surface area contributed by atoms with Crippen molar-refractivity contribution in [1.82, 2.24) is 10.2 Å². The molecule has 4 heteroatoms. The third-order valence-corrected chi connectivity index (χ3v) is 5.68. The Morgan fingerprint density at radius 2 is 1.63 bits per heavy atom. The van der Waals surface area contributed by atoms with Gasteiger partial charge in [0.25, 0.3) is 0 Å². The standard InChI is InChI=1S/C26H32N2O2/c1-21(29)28(20-24-15-9-4-10-16-24)25(19-23-13-7-3-8-14-23)26(30)27-18-17-22-11-5-2-6-12-22/h3-4,7-11,13-16,25H,2,5-6,12,17-20H2,1H3,(H,27,30). The Morgan fingerprint density at radius 3 is 2.23 bits per heavy atom. The monoisotopic (exact) mass is 404 g/mol. The van der Waals surface area contributed by atoms with Crippen LogP contribution in [0.15, 0.2) is 72.3 Å². The van der Waals surface area contributed by atoms with Gasteiger partial charge in [0.2, 0.25) is 11.8 Å². The number of hydrogen-bond donors (Lipinski definition) is 1. The van der Waals surface area contributed by atoms with Gasteiger partial charge in [-0.15, -0.1) is 0 Å². The molecule has 3 rings (SSSR count). The third-order valence-electron chi connectivity index (χ3n) is 5.68. The lowest BCUT2D eigenvalue weighted by Crippen LogP contribution is -2.50. The Bertz CT molecular complexity index is 846. The van der Waals surface area contributed by atoms with E-state index in [4.69, 9.17) is 0 Å². The molecule has 2 aromatic rings. The molecule has 2 aromatic carbocycles. The second-order valence-electron chi connectivity index (χ2n) is 7.99. The molecule has 30 heavy (non-hydrogen) atoms. The number of hydrogen-bond acceptors (Lipinski definition) is 2. The second kappa shape index (κ2) is 11.3. The van der Waals surface area contributed by atoms with Gasteiger partial charge in [-0.25, -0.2) is 0 Å². The summed E-state index contributed by atoms with van der Waals surface area (Å²) in [5.41, 5.74) is 3.51. The van der Waals surface area contributed by atoms with Crippen LogP contribution in [-0.2, 0) is 22.6 Å². The van der Waals surface area contributed by atoms with Gasteiger partial charge in [0, 0.05) is 26.4 Å². The molecule has 0 aromatic heterocycles. The summed E-state index contributed by atoms with van der Waals surface area (Å²) in [4.78, 5) is 27.4. The Kier molecular flexibility index (Phi) is 8.25. The van der Waals surface area contributed by atoms with E-state index in [-0.39, 0.29) is 11.8 Å². The van der Waals surface area contributed by atoms with E-state index in [1.54, 1.807) is 11.8 Å². The molecule has 0 heterocycles. The van der Waals surface area contributed by atoms with E-state index in [0.29, 0.717) is 19.5 Å². The van der Waals surface area contributed by atoms with Crippen molar-refractivity contribution in [2.24, 2.45) is 0 Å². The van der Waals surface area contributed by atoms with Crippen molar-refractivity contribution >= 4 is 11.8 Å². The molecule has 2 amide bonds. The highest BCUT2D eigenvalue weighted by atomic mass is 16.2. The first-order chi connectivity index (χ1) is 14.6. The molecule has 1 aliphatic carbocycles. The van der Waals surface area contributed by atoms with Gasteiger partial charge in [0.05, 0.1) is 0 Å². The summed E-state index contributed by atoms with van der Waals surface area (Å²) < 4.78 is 0. The Hall–Kier alpha value is -2.88. The van der Waals surface area contributed by atoms with E-state index < -0.39 is 6.04 Å². The van der Waals surface area contributed by atoms with E-state index in [0.717, 1.165) is 30.4 Å². The van der Waals surface area contributed by atoms with Gasteiger partial charge in [-0.1, -0.05) is 72.3 Å². The van der Waals surface area contributed by atoms with Crippen LogP contribution >= 0.6 is 0 Å². The van der Waals surface area contributed by atoms with Crippen LogP contribution in [0.1, 0.15) is 50.2 Å². The molecular weight excluding hydrogens is 372 g/mol. The van der Waals surface area contributed by atoms with E-state index in [9.17, 15) is 9.59 Å². The molecule has 0 spiro atoms. The highest BCUT2D eigenvalue weighted by Crippen LogP contribution is 2.20. The average molecular weight is 405 g/mol. The fraction of sp³-hybridized carbons (Fsp3) is 0.385. The summed E-state index contributed by atoms with van der Waals surface area (Å²) >= 11 is 0. The lowest BCUT2D eigenvalue weighted by Gasteiger charge is -2.30. The number of amides is 2. The van der Waals surface area contributed by atoms with Crippen molar-refractivity contribution in [3.8, 4) is 0 Å². The van der Waals surface area contributed by atoms with E-state index in [2.05, 4.69) is 11.4 Å². The van der Waals surface area contributed by atoms with Gasteiger partial charge >= 0.3 is 0 Å². The van der Waals surface area contributed by atoms with Gasteiger partial charge in [0.15, 0.2) is 0 Å². The van der Waals surface area contributed by atoms with E-state index in [1.807, 2.05) is 60.7 Å². The van der Waals surface area contributed by atoms with Gasteiger partial charge in [0.1, 0.15) is 6.04 Å². The predicted molar refractivity (Wildman–Crippen MR) is 121 cm³/mol.